The summed E-state index contributed by atoms with van der Waals surface area (Å²) in [6.07, 6.45) is 0. The van der Waals surface area contributed by atoms with Crippen LogP contribution in [0.15, 0.2) is 41.2 Å². The highest BCUT2D eigenvalue weighted by atomic mass is 35.5. The Hall–Kier alpha value is -2.04. The third kappa shape index (κ3) is 2.37. The molecule has 3 rings (SSSR count). The van der Waals surface area contributed by atoms with E-state index in [1.807, 2.05) is 0 Å². The third-order valence-electron chi connectivity index (χ3n) is 3.35. The molecule has 21 heavy (non-hydrogen) atoms. The monoisotopic (exact) mass is 321 g/mol. The predicted octanol–water partition coefficient (Wildman–Crippen LogP) is 3.03. The summed E-state index contributed by atoms with van der Waals surface area (Å²) in [6.45, 7) is 0. The van der Waals surface area contributed by atoms with Gasteiger partial charge in [0.1, 0.15) is 22.2 Å². The van der Waals surface area contributed by atoms with Gasteiger partial charge >= 0.3 is 5.56 Å². The molecule has 0 fully saturated rings. The normalized spacial score (nSPS) is 11.0. The highest BCUT2D eigenvalue weighted by Crippen LogP contribution is 2.28. The van der Waals surface area contributed by atoms with Gasteiger partial charge in [-0.2, -0.15) is 0 Å². The minimum atomic E-state index is -0.278. The molecule has 0 saturated carbocycles. The number of phenols is 1. The largest absolute Gasteiger partial charge is 0.507 e. The molecule has 106 valence electrons. The molecule has 2 N–H and O–H groups in total. The molecule has 2 aromatic carbocycles. The molecule has 4 nitrogen and oxygen atoms in total. The Kier molecular flexibility index (Phi) is 3.35. The van der Waals surface area contributed by atoms with E-state index in [0.29, 0.717) is 32.3 Å². The summed E-state index contributed by atoms with van der Waals surface area (Å²) in [5.41, 5.74) is 0.886. The molecule has 0 spiro atoms. The van der Waals surface area contributed by atoms with Gasteiger partial charge in [-0.1, -0.05) is 23.2 Å². The maximum absolute atomic E-state index is 12.2. The molecule has 0 aliphatic carbocycles. The number of hydrogen-bond acceptors (Lipinski definition) is 2. The number of aryl methyl sites for hydroxylation is 1. The lowest BCUT2D eigenvalue weighted by atomic mass is 10.1. The summed E-state index contributed by atoms with van der Waals surface area (Å²) in [5.74, 6) is 0.508. The van der Waals surface area contributed by atoms with Crippen LogP contribution in [0.25, 0.3) is 22.3 Å². The van der Waals surface area contributed by atoms with E-state index in [4.69, 9.17) is 23.2 Å². The Balaban J connectivity index is 2.39. The Morgan fingerprint density at radius 2 is 1.76 bits per heavy atom. The lowest BCUT2D eigenvalue weighted by Gasteiger charge is -2.06. The smallest absolute Gasteiger partial charge is 0.343 e. The number of benzene rings is 2. The van der Waals surface area contributed by atoms with Gasteiger partial charge < -0.3 is 5.11 Å². The Bertz CT molecular complexity index is 919. The maximum Gasteiger partial charge on any atom is 0.343 e. The lowest BCUT2D eigenvalue weighted by molar-refractivity contribution is -0.636. The highest BCUT2D eigenvalue weighted by Gasteiger charge is 2.20. The summed E-state index contributed by atoms with van der Waals surface area (Å²) in [7, 11) is 1.79. The van der Waals surface area contributed by atoms with Crippen molar-refractivity contribution in [2.24, 2.45) is 7.05 Å². The Labute approximate surface area is 130 Å². The van der Waals surface area contributed by atoms with E-state index in [-0.39, 0.29) is 11.3 Å². The summed E-state index contributed by atoms with van der Waals surface area (Å²) < 4.78 is 1.78. The van der Waals surface area contributed by atoms with E-state index < -0.39 is 0 Å². The average Bonchev–Trinajstić information content (AvgIpc) is 2.45. The van der Waals surface area contributed by atoms with E-state index in [0.717, 1.165) is 0 Å². The van der Waals surface area contributed by atoms with Gasteiger partial charge in [0.15, 0.2) is 0 Å². The van der Waals surface area contributed by atoms with E-state index >= 15 is 0 Å². The SMILES string of the molecule is C[n+]1c(-c2cc(Cl)ccc2O)[nH]c(=O)c2cc(Cl)ccc21. The number of aromatic amines is 1. The second-order valence-electron chi connectivity index (χ2n) is 4.68. The first-order valence-corrected chi connectivity index (χ1v) is 6.93. The van der Waals surface area contributed by atoms with Crippen LogP contribution >= 0.6 is 23.2 Å². The van der Waals surface area contributed by atoms with Crippen LogP contribution in [0.2, 0.25) is 10.0 Å². The first-order chi connectivity index (χ1) is 9.97. The van der Waals surface area contributed by atoms with E-state index in [1.54, 1.807) is 41.9 Å². The van der Waals surface area contributed by atoms with Crippen LogP contribution in [0.1, 0.15) is 0 Å². The second-order valence-corrected chi connectivity index (χ2v) is 5.56. The number of fused-ring (bicyclic) bond motifs is 1. The van der Waals surface area contributed by atoms with Crippen molar-refractivity contribution in [2.45, 2.75) is 0 Å². The first kappa shape index (κ1) is 13.9. The van der Waals surface area contributed by atoms with Gasteiger partial charge in [-0.05, 0) is 36.4 Å². The van der Waals surface area contributed by atoms with Crippen molar-refractivity contribution in [3.05, 3.63) is 56.8 Å². The standard InChI is InChI=1S/C15H10Cl2N2O2/c1-19-12-4-2-8(16)6-10(12)15(21)18-14(19)11-7-9(17)3-5-13(11)20/h2-7H,1H3,(H,18,20,21)/p+1. The van der Waals surface area contributed by atoms with Crippen LogP contribution in [0.4, 0.5) is 0 Å². The quantitative estimate of drug-likeness (QED) is 0.677. The van der Waals surface area contributed by atoms with Gasteiger partial charge in [-0.15, -0.1) is 0 Å². The molecule has 0 saturated heterocycles. The van der Waals surface area contributed by atoms with Crippen LogP contribution in [-0.4, -0.2) is 10.1 Å². The van der Waals surface area contributed by atoms with Crippen molar-refractivity contribution in [1.82, 2.24) is 4.98 Å². The Morgan fingerprint density at radius 1 is 1.10 bits per heavy atom. The van der Waals surface area contributed by atoms with Crippen molar-refractivity contribution < 1.29 is 9.67 Å². The molecule has 0 aliphatic rings. The average molecular weight is 322 g/mol. The number of nitrogens with one attached hydrogen (secondary N) is 1. The van der Waals surface area contributed by atoms with Crippen molar-refractivity contribution in [3.8, 4) is 17.1 Å². The molecule has 0 radical (unpaired) electrons. The number of nitrogens with zero attached hydrogens (tertiary/aromatic N) is 1. The van der Waals surface area contributed by atoms with Gasteiger partial charge in [0.2, 0.25) is 0 Å². The number of aromatic hydroxyl groups is 1. The van der Waals surface area contributed by atoms with Crippen LogP contribution < -0.4 is 10.1 Å². The van der Waals surface area contributed by atoms with Crippen molar-refractivity contribution >= 4 is 34.1 Å². The number of hydrogen-bond donors (Lipinski definition) is 2. The molecule has 0 bridgehead atoms. The van der Waals surface area contributed by atoms with Gasteiger partial charge in [-0.3, -0.25) is 0 Å². The van der Waals surface area contributed by atoms with Crippen LogP contribution in [0, 0.1) is 0 Å². The summed E-state index contributed by atoms with van der Waals surface area (Å²) in [4.78, 5) is 15.0. The molecular weight excluding hydrogens is 311 g/mol. The van der Waals surface area contributed by atoms with Crippen LogP contribution in [-0.2, 0) is 7.05 Å². The van der Waals surface area contributed by atoms with Crippen molar-refractivity contribution in [3.63, 3.8) is 0 Å². The van der Waals surface area contributed by atoms with Crippen molar-refractivity contribution in [2.75, 3.05) is 0 Å². The Morgan fingerprint density at radius 3 is 2.52 bits per heavy atom. The van der Waals surface area contributed by atoms with E-state index in [9.17, 15) is 9.90 Å². The summed E-state index contributed by atoms with van der Waals surface area (Å²) in [6, 6.07) is 9.76. The van der Waals surface area contributed by atoms with Gasteiger partial charge in [0, 0.05) is 10.0 Å². The maximum atomic E-state index is 12.2. The number of aromatic nitrogens is 2. The lowest BCUT2D eigenvalue weighted by Crippen LogP contribution is -2.36. The number of H-pyrrole nitrogens is 1. The number of rotatable bonds is 1. The van der Waals surface area contributed by atoms with Crippen LogP contribution in [0.5, 0.6) is 5.75 Å². The fraction of sp³-hybridized carbons (Fsp3) is 0.0667. The van der Waals surface area contributed by atoms with E-state index in [1.165, 1.54) is 6.07 Å². The molecular formula is C15H11Cl2N2O2+. The minimum Gasteiger partial charge on any atom is -0.507 e. The first-order valence-electron chi connectivity index (χ1n) is 6.18. The number of phenolic OH excluding ortho intramolecular Hbond substituents is 1. The van der Waals surface area contributed by atoms with Gasteiger partial charge in [-0.25, -0.2) is 14.3 Å². The summed E-state index contributed by atoms with van der Waals surface area (Å²) >= 11 is 11.9. The zero-order chi connectivity index (χ0) is 15.1. The minimum absolute atomic E-state index is 0.0407. The summed E-state index contributed by atoms with van der Waals surface area (Å²) in [5, 5.41) is 11.5. The molecule has 6 heteroatoms. The molecule has 1 heterocycles. The van der Waals surface area contributed by atoms with Gasteiger partial charge in [0.05, 0.1) is 7.05 Å². The van der Waals surface area contributed by atoms with Crippen molar-refractivity contribution in [1.29, 1.82) is 0 Å². The topological polar surface area (TPSA) is 57.0 Å². The number of halogens is 2. The fourth-order valence-corrected chi connectivity index (χ4v) is 2.65. The molecule has 3 aromatic rings. The molecule has 0 atom stereocenters. The zero-order valence-electron chi connectivity index (χ0n) is 11.0. The van der Waals surface area contributed by atoms with E-state index in [2.05, 4.69) is 4.98 Å². The van der Waals surface area contributed by atoms with Gasteiger partial charge in [0.25, 0.3) is 5.82 Å². The second kappa shape index (κ2) is 5.06. The molecule has 0 aliphatic heterocycles. The molecule has 0 unspecified atom stereocenters. The highest BCUT2D eigenvalue weighted by molar-refractivity contribution is 6.31. The molecule has 1 aromatic heterocycles. The molecule has 0 amide bonds. The predicted molar refractivity (Wildman–Crippen MR) is 82.9 cm³/mol. The van der Waals surface area contributed by atoms with Crippen LogP contribution in [0.3, 0.4) is 0 Å². The fourth-order valence-electron chi connectivity index (χ4n) is 2.31. The zero-order valence-corrected chi connectivity index (χ0v) is 12.5. The third-order valence-corrected chi connectivity index (χ3v) is 3.82.